The maximum atomic E-state index is 6.95. The molecule has 73 heavy (non-hydrogen) atoms. The Hall–Kier alpha value is -4.80. The van der Waals surface area contributed by atoms with Crippen molar-refractivity contribution >= 4 is 65.9 Å². The molecule has 4 nitrogen and oxygen atoms in total. The molecule has 6 aromatic rings. The molecule has 1 fully saturated rings. The minimum Gasteiger partial charge on any atom is -0.399 e. The Balaban J connectivity index is 1.35. The van der Waals surface area contributed by atoms with E-state index in [9.17, 15) is 0 Å². The first kappa shape index (κ1) is 54.5. The van der Waals surface area contributed by atoms with Crippen molar-refractivity contribution in [2.45, 2.75) is 208 Å². The molecular weight excluding hydrogens is 885 g/mol. The largest absolute Gasteiger partial charge is 0.399 e. The first-order valence-electron chi connectivity index (χ1n) is 29.8. The number of unbranched alkanes of at least 4 members (excludes halogenated alkanes) is 12. The number of fused-ring (bicyclic) bond motifs is 2. The van der Waals surface area contributed by atoms with E-state index >= 15 is 0 Å². The second-order valence-corrected chi connectivity index (χ2v) is 23.7. The maximum Gasteiger partial charge on any atom is 0.0420 e. The highest BCUT2D eigenvalue weighted by Gasteiger charge is 2.34. The highest BCUT2D eigenvalue weighted by molar-refractivity contribution is 6.38. The van der Waals surface area contributed by atoms with Gasteiger partial charge in [-0.25, -0.2) is 0 Å². The zero-order valence-corrected chi connectivity index (χ0v) is 47.3. The third-order valence-electron chi connectivity index (χ3n) is 17.8. The summed E-state index contributed by atoms with van der Waals surface area (Å²) < 4.78 is 0. The lowest BCUT2D eigenvalue weighted by molar-refractivity contribution is 0.128. The van der Waals surface area contributed by atoms with E-state index < -0.39 is 0 Å². The lowest BCUT2D eigenvalue weighted by Crippen LogP contribution is -2.53. The molecule has 0 saturated carbocycles. The molecule has 6 aromatic carbocycles. The van der Waals surface area contributed by atoms with Crippen LogP contribution in [0.3, 0.4) is 0 Å². The molecule has 0 bridgehead atoms. The smallest absolute Gasteiger partial charge is 0.0420 e. The van der Waals surface area contributed by atoms with Gasteiger partial charge in [0, 0.05) is 82.6 Å². The summed E-state index contributed by atoms with van der Waals surface area (Å²) in [6.07, 6.45) is 26.6. The Morgan fingerprint density at radius 1 is 0.534 bits per heavy atom. The van der Waals surface area contributed by atoms with Crippen LogP contribution in [0, 0.1) is 5.92 Å². The number of rotatable bonds is 27. The average molecular weight is 982 g/mol. The zero-order chi connectivity index (χ0) is 51.8. The number of hydrogen-bond donors (Lipinski definition) is 1. The van der Waals surface area contributed by atoms with Crippen LogP contribution in [0.25, 0.3) is 71.3 Å². The summed E-state index contributed by atoms with van der Waals surface area (Å²) in [4.78, 5) is 7.80. The fourth-order valence-corrected chi connectivity index (χ4v) is 13.7. The molecule has 0 aliphatic carbocycles. The summed E-state index contributed by atoms with van der Waals surface area (Å²) in [5, 5.41) is 10.6. The molecule has 2 N–H and O–H groups in total. The molecule has 0 aromatic heterocycles. The van der Waals surface area contributed by atoms with Crippen molar-refractivity contribution in [1.82, 2.24) is 9.80 Å². The van der Waals surface area contributed by atoms with Crippen LogP contribution in [0.5, 0.6) is 0 Å². The van der Waals surface area contributed by atoms with Gasteiger partial charge in [-0.05, 0) is 137 Å². The van der Waals surface area contributed by atoms with Crippen molar-refractivity contribution in [1.29, 1.82) is 0 Å². The van der Waals surface area contributed by atoms with Crippen molar-refractivity contribution in [2.24, 2.45) is 11.7 Å². The molecule has 0 radical (unpaired) electrons. The quantitative estimate of drug-likeness (QED) is 0.0317. The lowest BCUT2D eigenvalue weighted by Gasteiger charge is -2.43. The standard InChI is InChI=1S/C69H96N4/c1-12-17-21-25-29-51(30-26-22-18-13-2)55(16-5)58-40-41-59-60-39-38-57-49(7)73(54(31-27-23-19-14-3)32-28-24-20-15-4)50(8)62-47-63(52-33-35-53(36-34-52)71-43-45-72(46-44-71)69(9,10)11)67(68(60)65(57)62)61-42-37-56(48(6)70)64(58)66(59)61/h33-42,47,51,54-55H,6-8,12-32,43-46,70H2,1-5,9-11H3. The average Bonchev–Trinajstić information content (AvgIpc) is 3.39. The van der Waals surface area contributed by atoms with Crippen LogP contribution >= 0.6 is 0 Å². The van der Waals surface area contributed by atoms with Crippen LogP contribution < -0.4 is 10.6 Å². The van der Waals surface area contributed by atoms with Gasteiger partial charge in [0.05, 0.1) is 0 Å². The maximum absolute atomic E-state index is 6.95. The third kappa shape index (κ3) is 11.4. The van der Waals surface area contributed by atoms with E-state index in [1.54, 1.807) is 0 Å². The van der Waals surface area contributed by atoms with E-state index in [4.69, 9.17) is 18.9 Å². The minimum absolute atomic E-state index is 0.185. The molecule has 1 unspecified atom stereocenters. The van der Waals surface area contributed by atoms with Gasteiger partial charge in [-0.1, -0.05) is 206 Å². The number of hydrogen-bond acceptors (Lipinski definition) is 4. The van der Waals surface area contributed by atoms with E-state index in [0.29, 0.717) is 23.6 Å². The van der Waals surface area contributed by atoms with E-state index in [-0.39, 0.29) is 5.54 Å². The zero-order valence-electron chi connectivity index (χ0n) is 47.3. The number of piperazine rings is 1. The van der Waals surface area contributed by atoms with Crippen molar-refractivity contribution in [3.05, 3.63) is 109 Å². The third-order valence-corrected chi connectivity index (χ3v) is 17.8. The molecule has 2 heterocycles. The molecule has 4 heteroatoms. The topological polar surface area (TPSA) is 35.7 Å². The summed E-state index contributed by atoms with van der Waals surface area (Å²) in [6.45, 7) is 37.6. The van der Waals surface area contributed by atoms with Gasteiger partial charge in [-0.3, -0.25) is 4.90 Å². The van der Waals surface area contributed by atoms with Crippen molar-refractivity contribution in [3.63, 3.8) is 0 Å². The highest BCUT2D eigenvalue weighted by Crippen LogP contribution is 2.54. The molecule has 2 aliphatic heterocycles. The first-order chi connectivity index (χ1) is 35.4. The molecule has 1 saturated heterocycles. The number of anilines is 1. The Morgan fingerprint density at radius 2 is 1.07 bits per heavy atom. The first-order valence-corrected chi connectivity index (χ1v) is 29.8. The minimum atomic E-state index is 0.185. The van der Waals surface area contributed by atoms with Crippen molar-refractivity contribution in [2.75, 3.05) is 31.1 Å². The normalized spacial score (nSPS) is 15.2. The van der Waals surface area contributed by atoms with Crippen molar-refractivity contribution < 1.29 is 0 Å². The predicted molar refractivity (Wildman–Crippen MR) is 325 cm³/mol. The molecule has 0 spiro atoms. The number of benzene rings is 6. The summed E-state index contributed by atoms with van der Waals surface area (Å²) in [6, 6.07) is 27.2. The fraction of sp³-hybridized carbons (Fsp3) is 0.536. The number of nitrogens with zero attached hydrogens (tertiary/aromatic N) is 3. The van der Waals surface area contributed by atoms with Gasteiger partial charge in [0.1, 0.15) is 0 Å². The van der Waals surface area contributed by atoms with Crippen molar-refractivity contribution in [3.8, 4) is 11.1 Å². The van der Waals surface area contributed by atoms with Gasteiger partial charge in [-0.2, -0.15) is 0 Å². The summed E-state index contributed by atoms with van der Waals surface area (Å²) in [5.41, 5.74) is 19.0. The summed E-state index contributed by atoms with van der Waals surface area (Å²) >= 11 is 0. The van der Waals surface area contributed by atoms with Crippen LogP contribution in [0.2, 0.25) is 0 Å². The number of nitrogens with two attached hydrogens (primary N) is 1. The molecular formula is C69H96N4. The van der Waals surface area contributed by atoms with Crippen LogP contribution in [0.15, 0.2) is 86.5 Å². The Bertz CT molecular complexity index is 2790. The van der Waals surface area contributed by atoms with Gasteiger partial charge in [0.2, 0.25) is 0 Å². The highest BCUT2D eigenvalue weighted by atomic mass is 15.3. The van der Waals surface area contributed by atoms with Crippen LogP contribution in [-0.2, 0) is 0 Å². The molecule has 2 aliphatic rings. The van der Waals surface area contributed by atoms with E-state index in [0.717, 1.165) is 49.6 Å². The summed E-state index contributed by atoms with van der Waals surface area (Å²) in [7, 11) is 0. The Kier molecular flexibility index (Phi) is 18.4. The van der Waals surface area contributed by atoms with Gasteiger partial charge in [-0.15, -0.1) is 0 Å². The van der Waals surface area contributed by atoms with Gasteiger partial charge < -0.3 is 15.5 Å². The van der Waals surface area contributed by atoms with E-state index in [1.807, 2.05) is 0 Å². The Morgan fingerprint density at radius 3 is 1.62 bits per heavy atom. The second kappa shape index (κ2) is 24.7. The van der Waals surface area contributed by atoms with Crippen LogP contribution in [0.1, 0.15) is 218 Å². The fourth-order valence-electron chi connectivity index (χ4n) is 13.7. The van der Waals surface area contributed by atoms with Crippen LogP contribution in [-0.4, -0.2) is 47.6 Å². The predicted octanol–water partition coefficient (Wildman–Crippen LogP) is 19.9. The van der Waals surface area contributed by atoms with Gasteiger partial charge in [0.25, 0.3) is 0 Å². The molecule has 1 atom stereocenters. The van der Waals surface area contributed by atoms with E-state index in [1.165, 1.54) is 205 Å². The Labute approximate surface area is 443 Å². The van der Waals surface area contributed by atoms with Crippen LogP contribution in [0.4, 0.5) is 5.69 Å². The molecule has 8 rings (SSSR count). The SMILES string of the molecule is C=C(N)c1ccc2c3c(-c4ccc(N5CCN(C(C)(C)C)CC5)cc4)cc4c5c(ccc(c6ccc(C(CC)C(CCCCCC)CCCCCC)c1c62)c53)C(=C)N(C(CCCCCC)CCCCCC)C4=C. The van der Waals surface area contributed by atoms with Gasteiger partial charge >= 0.3 is 0 Å². The van der Waals surface area contributed by atoms with Gasteiger partial charge in [0.15, 0.2) is 0 Å². The lowest BCUT2D eigenvalue weighted by atomic mass is 9.74. The summed E-state index contributed by atoms with van der Waals surface area (Å²) in [5.74, 6) is 1.07. The second-order valence-electron chi connectivity index (χ2n) is 23.7. The molecule has 392 valence electrons. The monoisotopic (exact) mass is 981 g/mol. The van der Waals surface area contributed by atoms with E-state index in [2.05, 4.69) is 143 Å². The molecule has 0 amide bonds.